The van der Waals surface area contributed by atoms with E-state index in [1.165, 1.54) is 12.1 Å². The van der Waals surface area contributed by atoms with E-state index >= 15 is 0 Å². The number of hydrogen-bond donors (Lipinski definition) is 2. The van der Waals surface area contributed by atoms with Gasteiger partial charge in [-0.1, -0.05) is 22.8 Å². The van der Waals surface area contributed by atoms with Gasteiger partial charge < -0.3 is 10.1 Å². The Morgan fingerprint density at radius 2 is 2.23 bits per heavy atom. The van der Waals surface area contributed by atoms with Crippen molar-refractivity contribution in [2.75, 3.05) is 19.7 Å². The fourth-order valence-corrected chi connectivity index (χ4v) is 2.52. The molecule has 0 aliphatic carbocycles. The highest BCUT2D eigenvalue weighted by Gasteiger charge is 2.31. The SMILES string of the molecule is Cl.O=c1[nH]c([C@@H]2CNCCO[C@H]2c2ccc(Cl)c(F)c2)no1. The smallest absolute Gasteiger partial charge is 0.371 e. The molecule has 1 aromatic heterocycles. The summed E-state index contributed by atoms with van der Waals surface area (Å²) >= 11 is 5.71. The molecule has 0 saturated carbocycles. The molecule has 22 heavy (non-hydrogen) atoms. The van der Waals surface area contributed by atoms with Crippen molar-refractivity contribution in [2.45, 2.75) is 12.0 Å². The highest BCUT2D eigenvalue weighted by atomic mass is 35.5. The Kier molecular flexibility index (Phi) is 5.57. The molecule has 1 fully saturated rings. The van der Waals surface area contributed by atoms with Crippen molar-refractivity contribution in [1.82, 2.24) is 15.5 Å². The number of benzene rings is 1. The minimum atomic E-state index is -0.629. The van der Waals surface area contributed by atoms with Crippen LogP contribution in [0.3, 0.4) is 0 Å². The number of aromatic nitrogens is 2. The molecule has 2 atom stereocenters. The second-order valence-corrected chi connectivity index (χ2v) is 5.16. The maximum atomic E-state index is 13.7. The van der Waals surface area contributed by atoms with Crippen molar-refractivity contribution in [3.05, 3.63) is 51.0 Å². The fourth-order valence-electron chi connectivity index (χ4n) is 2.40. The van der Waals surface area contributed by atoms with Gasteiger partial charge in [-0.3, -0.25) is 9.51 Å². The van der Waals surface area contributed by atoms with Crippen LogP contribution in [0.25, 0.3) is 0 Å². The third kappa shape index (κ3) is 3.49. The monoisotopic (exact) mass is 349 g/mol. The second-order valence-electron chi connectivity index (χ2n) is 4.76. The lowest BCUT2D eigenvalue weighted by Crippen LogP contribution is -2.24. The lowest BCUT2D eigenvalue weighted by atomic mass is 9.94. The van der Waals surface area contributed by atoms with Crippen LogP contribution in [0.1, 0.15) is 23.4 Å². The summed E-state index contributed by atoms with van der Waals surface area (Å²) < 4.78 is 24.0. The maximum Gasteiger partial charge on any atom is 0.438 e. The van der Waals surface area contributed by atoms with Gasteiger partial charge in [0.05, 0.1) is 23.7 Å². The molecular weight excluding hydrogens is 336 g/mol. The van der Waals surface area contributed by atoms with Crippen molar-refractivity contribution >= 4 is 24.0 Å². The Bertz CT molecular complexity index is 691. The minimum Gasteiger partial charge on any atom is -0.371 e. The number of hydrogen-bond acceptors (Lipinski definition) is 5. The standard InChI is InChI=1S/C13H13ClFN3O3.ClH/c14-9-2-1-7(5-10(9)15)11-8(6-16-3-4-20-11)12-17-13(19)21-18-12;/h1-2,5,8,11,16H,3-4,6H2,(H,17,18,19);1H/t8-,11+;/m1./s1. The first-order valence-corrected chi connectivity index (χ1v) is 6.86. The lowest BCUT2D eigenvalue weighted by molar-refractivity contribution is 0.0489. The first kappa shape index (κ1) is 17.0. The van der Waals surface area contributed by atoms with Gasteiger partial charge in [0.1, 0.15) is 5.82 Å². The molecule has 1 saturated heterocycles. The summed E-state index contributed by atoms with van der Waals surface area (Å²) in [6, 6.07) is 4.52. The molecule has 2 heterocycles. The Balaban J connectivity index is 0.00000176. The summed E-state index contributed by atoms with van der Waals surface area (Å²) in [6.45, 7) is 1.65. The van der Waals surface area contributed by atoms with E-state index in [0.29, 0.717) is 31.1 Å². The molecule has 1 aliphatic heterocycles. The maximum absolute atomic E-state index is 13.7. The van der Waals surface area contributed by atoms with Gasteiger partial charge in [0.2, 0.25) is 0 Å². The predicted molar refractivity (Wildman–Crippen MR) is 80.1 cm³/mol. The third-order valence-corrected chi connectivity index (χ3v) is 3.69. The number of H-pyrrole nitrogens is 1. The predicted octanol–water partition coefficient (Wildman–Crippen LogP) is 2.02. The molecule has 3 rings (SSSR count). The molecule has 0 unspecified atom stereocenters. The lowest BCUT2D eigenvalue weighted by Gasteiger charge is -2.23. The van der Waals surface area contributed by atoms with Crippen LogP contribution in [0, 0.1) is 5.82 Å². The Morgan fingerprint density at radius 3 is 2.91 bits per heavy atom. The van der Waals surface area contributed by atoms with E-state index in [2.05, 4.69) is 20.0 Å². The molecule has 1 aromatic carbocycles. The zero-order valence-electron chi connectivity index (χ0n) is 11.3. The van der Waals surface area contributed by atoms with E-state index in [-0.39, 0.29) is 23.3 Å². The molecule has 0 bridgehead atoms. The van der Waals surface area contributed by atoms with Crippen molar-refractivity contribution in [3.8, 4) is 0 Å². The van der Waals surface area contributed by atoms with Crippen molar-refractivity contribution in [3.63, 3.8) is 0 Å². The summed E-state index contributed by atoms with van der Waals surface area (Å²) in [5.41, 5.74) is 0.634. The molecule has 0 amide bonds. The molecule has 2 aromatic rings. The average molecular weight is 350 g/mol. The highest BCUT2D eigenvalue weighted by molar-refractivity contribution is 6.30. The summed E-state index contributed by atoms with van der Waals surface area (Å²) in [7, 11) is 0. The summed E-state index contributed by atoms with van der Waals surface area (Å²) in [5, 5.41) is 6.95. The number of nitrogens with zero attached hydrogens (tertiary/aromatic N) is 1. The van der Waals surface area contributed by atoms with Crippen LogP contribution < -0.4 is 11.1 Å². The van der Waals surface area contributed by atoms with Crippen LogP contribution in [0.5, 0.6) is 0 Å². The number of nitrogens with one attached hydrogen (secondary N) is 2. The number of halogens is 3. The second kappa shape index (κ2) is 7.23. The van der Waals surface area contributed by atoms with Crippen LogP contribution in [0.2, 0.25) is 5.02 Å². The molecule has 120 valence electrons. The van der Waals surface area contributed by atoms with E-state index < -0.39 is 17.7 Å². The van der Waals surface area contributed by atoms with Gasteiger partial charge in [-0.15, -0.1) is 12.4 Å². The minimum absolute atomic E-state index is 0. The van der Waals surface area contributed by atoms with Gasteiger partial charge in [-0.25, -0.2) is 9.18 Å². The zero-order valence-corrected chi connectivity index (χ0v) is 12.9. The molecule has 9 heteroatoms. The van der Waals surface area contributed by atoms with Crippen LogP contribution in [0.4, 0.5) is 4.39 Å². The first-order valence-electron chi connectivity index (χ1n) is 6.48. The van der Waals surface area contributed by atoms with Gasteiger partial charge >= 0.3 is 5.76 Å². The van der Waals surface area contributed by atoms with Crippen LogP contribution in [-0.4, -0.2) is 29.8 Å². The van der Waals surface area contributed by atoms with Crippen LogP contribution in [-0.2, 0) is 4.74 Å². The number of rotatable bonds is 2. The van der Waals surface area contributed by atoms with Crippen molar-refractivity contribution < 1.29 is 13.7 Å². The average Bonchev–Trinajstić information content (AvgIpc) is 2.75. The van der Waals surface area contributed by atoms with E-state index in [4.69, 9.17) is 16.3 Å². The van der Waals surface area contributed by atoms with Gasteiger partial charge in [-0.05, 0) is 17.7 Å². The Hall–Kier alpha value is -1.41. The van der Waals surface area contributed by atoms with Crippen molar-refractivity contribution in [2.24, 2.45) is 0 Å². The Morgan fingerprint density at radius 1 is 1.41 bits per heavy atom. The van der Waals surface area contributed by atoms with Gasteiger partial charge in [0.25, 0.3) is 0 Å². The van der Waals surface area contributed by atoms with E-state index in [1.54, 1.807) is 6.07 Å². The Labute approximate surface area is 136 Å². The quantitative estimate of drug-likeness (QED) is 0.866. The molecule has 2 N–H and O–H groups in total. The first-order chi connectivity index (χ1) is 10.1. The van der Waals surface area contributed by atoms with Crippen LogP contribution >= 0.6 is 24.0 Å². The molecule has 6 nitrogen and oxygen atoms in total. The zero-order chi connectivity index (χ0) is 14.8. The number of ether oxygens (including phenoxy) is 1. The largest absolute Gasteiger partial charge is 0.438 e. The topological polar surface area (TPSA) is 80.2 Å². The fraction of sp³-hybridized carbons (Fsp3) is 0.385. The molecule has 1 aliphatic rings. The summed E-state index contributed by atoms with van der Waals surface area (Å²) in [4.78, 5) is 13.7. The highest BCUT2D eigenvalue weighted by Crippen LogP contribution is 2.34. The molecule has 0 spiro atoms. The van der Waals surface area contributed by atoms with E-state index in [1.807, 2.05) is 0 Å². The van der Waals surface area contributed by atoms with E-state index in [0.717, 1.165) is 0 Å². The van der Waals surface area contributed by atoms with Gasteiger partial charge in [0, 0.05) is 13.1 Å². The summed E-state index contributed by atoms with van der Waals surface area (Å²) in [6.07, 6.45) is -0.451. The number of aromatic amines is 1. The van der Waals surface area contributed by atoms with Gasteiger partial charge in [0.15, 0.2) is 5.82 Å². The molecular formula is C13H14Cl2FN3O3. The van der Waals surface area contributed by atoms with Crippen LogP contribution in [0.15, 0.2) is 27.5 Å². The van der Waals surface area contributed by atoms with Gasteiger partial charge in [-0.2, -0.15) is 0 Å². The third-order valence-electron chi connectivity index (χ3n) is 3.39. The molecule has 0 radical (unpaired) electrons. The summed E-state index contributed by atoms with van der Waals surface area (Å²) in [5.74, 6) is -1.06. The normalized spacial score (nSPS) is 21.9. The van der Waals surface area contributed by atoms with E-state index in [9.17, 15) is 9.18 Å². The van der Waals surface area contributed by atoms with Crippen molar-refractivity contribution in [1.29, 1.82) is 0 Å².